The van der Waals surface area contributed by atoms with E-state index in [1.165, 1.54) is 0 Å². The van der Waals surface area contributed by atoms with E-state index in [1.807, 2.05) is 0 Å². The summed E-state index contributed by atoms with van der Waals surface area (Å²) in [5.74, 6) is 0. The second-order valence-corrected chi connectivity index (χ2v) is 32.6. The van der Waals surface area contributed by atoms with Gasteiger partial charge in [0.2, 0.25) is 0 Å². The van der Waals surface area contributed by atoms with E-state index in [-0.39, 0.29) is 10.8 Å². The fourth-order valence-corrected chi connectivity index (χ4v) is 12.2. The van der Waals surface area contributed by atoms with Crippen molar-refractivity contribution in [3.8, 4) is 0 Å². The Morgan fingerprint density at radius 3 is 2.50 bits per heavy atom. The molecule has 0 rings (SSSR count). The van der Waals surface area contributed by atoms with Crippen molar-refractivity contribution in [3.63, 3.8) is 0 Å². The first-order valence-electron chi connectivity index (χ1n) is 1.74. The molecular weight excluding hydrogens is 216 g/mol. The van der Waals surface area contributed by atoms with Crippen LogP contribution in [0.1, 0.15) is 0 Å². The zero-order chi connectivity index (χ0) is 4.99. The molecule has 0 fully saturated rings. The van der Waals surface area contributed by atoms with Gasteiger partial charge in [0.1, 0.15) is 0 Å². The van der Waals surface area contributed by atoms with Gasteiger partial charge in [0.05, 0.1) is 0 Å². The Balaban J connectivity index is 2.83. The number of carboxylic acid groups (broad SMARTS) is 1. The second kappa shape index (κ2) is 4.36. The molecule has 6 heavy (non-hydrogen) atoms. The van der Waals surface area contributed by atoms with Gasteiger partial charge >= 0.3 is 55.8 Å². The van der Waals surface area contributed by atoms with Crippen molar-refractivity contribution in [2.24, 2.45) is 0 Å². The first kappa shape index (κ1) is 7.20. The molecule has 2 nitrogen and oxygen atoms in total. The van der Waals surface area contributed by atoms with Crippen molar-refractivity contribution < 1.29 is 9.90 Å². The maximum absolute atomic E-state index is 9.72. The summed E-state index contributed by atoms with van der Waals surface area (Å²) in [6, 6.07) is 0. The molecule has 0 amide bonds. The Hall–Kier alpha value is 1.20. The summed E-state index contributed by atoms with van der Waals surface area (Å²) in [5, 5.41) is 8.03. The Morgan fingerprint density at radius 2 is 2.50 bits per heavy atom. The minimum absolute atomic E-state index is 0.0795. The Morgan fingerprint density at radius 1 is 2.00 bits per heavy atom. The molecule has 0 aromatic rings. The molecule has 0 aliphatic rings. The van der Waals surface area contributed by atoms with Gasteiger partial charge in [-0.1, -0.05) is 0 Å². The summed E-state index contributed by atoms with van der Waals surface area (Å²) in [7, 11) is 0.0795. The molecule has 0 saturated heterocycles. The molecule has 0 bridgehead atoms. The third-order valence-electron chi connectivity index (χ3n) is 0.328. The third kappa shape index (κ3) is 5.20. The molecule has 0 spiro atoms. The van der Waals surface area contributed by atoms with Crippen molar-refractivity contribution >= 4 is 45.9 Å². The first-order chi connectivity index (χ1) is 2.77. The molecule has 0 aliphatic carbocycles. The van der Waals surface area contributed by atoms with Gasteiger partial charge in [-0.25, -0.2) is 0 Å². The van der Waals surface area contributed by atoms with Crippen LogP contribution in [0.4, 0.5) is 4.79 Å². The van der Waals surface area contributed by atoms with E-state index in [4.69, 9.17) is 5.11 Å². The molecule has 0 aliphatic heterocycles. The molecule has 1 N–H and O–H groups in total. The SMILES string of the molecule is O=C(O)[AsH][AlH][GaH2]. The number of carbonyl (C=O) groups is 1. The van der Waals surface area contributed by atoms with Gasteiger partial charge in [0.15, 0.2) is 0 Å². The number of rotatable bonds is 2. The van der Waals surface area contributed by atoms with Gasteiger partial charge in [0.25, 0.3) is 0 Å². The average molecular weight is 221 g/mol. The minimum atomic E-state index is -0.477. The fourth-order valence-electron chi connectivity index (χ4n) is 0.151. The van der Waals surface area contributed by atoms with Crippen molar-refractivity contribution in [2.75, 3.05) is 0 Å². The topological polar surface area (TPSA) is 37.3 Å². The first-order valence-corrected chi connectivity index (χ1v) is 18.3. The molecule has 0 saturated carbocycles. The maximum atomic E-state index is 9.72. The Labute approximate surface area is 55.5 Å². The van der Waals surface area contributed by atoms with Crippen LogP contribution in [0, 0.1) is 0 Å². The Bertz CT molecular complexity index is 57.5. The van der Waals surface area contributed by atoms with Gasteiger partial charge in [-0.3, -0.25) is 0 Å². The van der Waals surface area contributed by atoms with Crippen molar-refractivity contribution in [3.05, 3.63) is 0 Å². The monoisotopic (exact) mass is 220 g/mol. The predicted octanol–water partition coefficient (Wildman–Crippen LogP) is -2.00. The molecule has 5 heteroatoms. The van der Waals surface area contributed by atoms with E-state index in [2.05, 4.69) is 0 Å². The van der Waals surface area contributed by atoms with E-state index in [0.717, 1.165) is 16.5 Å². The molecule has 32 valence electrons. The predicted molar refractivity (Wildman–Crippen MR) is 30.9 cm³/mol. The van der Waals surface area contributed by atoms with Crippen LogP contribution in [0.15, 0.2) is 0 Å². The molecule has 1 atom stereocenters. The van der Waals surface area contributed by atoms with Gasteiger partial charge in [-0.05, 0) is 0 Å². The van der Waals surface area contributed by atoms with E-state index in [1.54, 1.807) is 0 Å². The van der Waals surface area contributed by atoms with Gasteiger partial charge in [0, 0.05) is 0 Å². The molecule has 1 unspecified atom stereocenters. The van der Waals surface area contributed by atoms with Crippen molar-refractivity contribution in [1.29, 1.82) is 0 Å². The van der Waals surface area contributed by atoms with E-state index in [9.17, 15) is 4.79 Å². The quantitative estimate of drug-likeness (QED) is 0.547. The van der Waals surface area contributed by atoms with Crippen LogP contribution in [0.3, 0.4) is 0 Å². The van der Waals surface area contributed by atoms with E-state index >= 15 is 0 Å². The van der Waals surface area contributed by atoms with Crippen LogP contribution in [-0.4, -0.2) is 51.0 Å². The van der Waals surface area contributed by atoms with Gasteiger partial charge in [-0.2, -0.15) is 0 Å². The van der Waals surface area contributed by atoms with Gasteiger partial charge in [-0.15, -0.1) is 0 Å². The normalized spacial score (nSPS) is 9.33. The van der Waals surface area contributed by atoms with Gasteiger partial charge < -0.3 is 0 Å². The summed E-state index contributed by atoms with van der Waals surface area (Å²) >= 11 is 0.505. The molecular formula is CH5AlAsGaO2. The summed E-state index contributed by atoms with van der Waals surface area (Å²) in [6.45, 7) is 0. The average Bonchev–Trinajstić information content (AvgIpc) is 1.35. The summed E-state index contributed by atoms with van der Waals surface area (Å²) in [6.07, 6.45) is 0. The summed E-state index contributed by atoms with van der Waals surface area (Å²) < 4.78 is -0.477. The van der Waals surface area contributed by atoms with Crippen LogP contribution in [0.2, 0.25) is 0 Å². The zero-order valence-electron chi connectivity index (χ0n) is 3.56. The van der Waals surface area contributed by atoms with Crippen LogP contribution in [-0.2, 0) is 0 Å². The zero-order valence-corrected chi connectivity index (χ0v) is 11.3. The summed E-state index contributed by atoms with van der Waals surface area (Å²) in [4.78, 5) is 9.72. The van der Waals surface area contributed by atoms with Crippen LogP contribution < -0.4 is 0 Å². The van der Waals surface area contributed by atoms with Crippen molar-refractivity contribution in [1.82, 2.24) is 0 Å². The molecule has 0 aromatic heterocycles. The molecule has 0 radical (unpaired) electrons. The van der Waals surface area contributed by atoms with E-state index < -0.39 is 18.6 Å². The van der Waals surface area contributed by atoms with Crippen LogP contribution in [0.25, 0.3) is 0 Å². The number of hydrogen-bond donors (Lipinski definition) is 1. The van der Waals surface area contributed by atoms with Crippen LogP contribution >= 0.6 is 0 Å². The standard InChI is InChI=1S/CH2AsO2.Al.Ga.3H/c2-1(3)4;;;;;/h2H,(H,3,4);;;;;/q-1;+1;;;;. The molecule has 0 aromatic carbocycles. The number of hydrogen-bond acceptors (Lipinski definition) is 1. The summed E-state index contributed by atoms with van der Waals surface area (Å²) in [5.41, 5.74) is 0. The van der Waals surface area contributed by atoms with Crippen LogP contribution in [0.5, 0.6) is 0 Å². The molecule has 0 heterocycles. The van der Waals surface area contributed by atoms with Crippen molar-refractivity contribution in [2.45, 2.75) is 0 Å². The van der Waals surface area contributed by atoms with E-state index in [0.29, 0.717) is 0 Å². The third-order valence-corrected chi connectivity index (χ3v) is 16.7. The second-order valence-electron chi connectivity index (χ2n) is 0.835. The Kier molecular flexibility index (Phi) is 5.23. The fraction of sp³-hybridized carbons (Fsp3) is 0.